The van der Waals surface area contributed by atoms with Gasteiger partial charge in [0.15, 0.2) is 5.78 Å². The van der Waals surface area contributed by atoms with Gasteiger partial charge in [0.05, 0.1) is 0 Å². The molecule has 1 aliphatic heterocycles. The van der Waals surface area contributed by atoms with Crippen molar-refractivity contribution in [2.75, 3.05) is 19.6 Å². The number of aromatic amines is 1. The number of benzene rings is 2. The summed E-state index contributed by atoms with van der Waals surface area (Å²) in [5, 5.41) is 1.27. The van der Waals surface area contributed by atoms with Gasteiger partial charge in [0.1, 0.15) is 5.82 Å². The molecule has 0 atom stereocenters. The van der Waals surface area contributed by atoms with Crippen molar-refractivity contribution in [1.82, 2.24) is 9.88 Å². The SMILES string of the molecule is O=C(CCCN1CCC=C(Cc2c[nH]c3ccc(Br)cc23)C1)c1ccc(F)cc1. The zero-order valence-electron chi connectivity index (χ0n) is 16.3. The molecule has 150 valence electrons. The zero-order chi connectivity index (χ0) is 20.2. The molecule has 1 aliphatic rings. The van der Waals surface area contributed by atoms with Crippen LogP contribution in [0, 0.1) is 5.82 Å². The summed E-state index contributed by atoms with van der Waals surface area (Å²) in [4.78, 5) is 18.1. The van der Waals surface area contributed by atoms with Crippen molar-refractivity contribution in [2.45, 2.75) is 25.7 Å². The summed E-state index contributed by atoms with van der Waals surface area (Å²) in [6.45, 7) is 2.89. The first-order valence-electron chi connectivity index (χ1n) is 10.0. The third-order valence-electron chi connectivity index (χ3n) is 5.50. The van der Waals surface area contributed by atoms with E-state index in [4.69, 9.17) is 0 Å². The molecule has 1 aromatic heterocycles. The molecule has 3 aromatic rings. The minimum absolute atomic E-state index is 0.0853. The molecule has 2 aromatic carbocycles. The monoisotopic (exact) mass is 454 g/mol. The lowest BCUT2D eigenvalue weighted by molar-refractivity contribution is 0.0975. The van der Waals surface area contributed by atoms with Gasteiger partial charge in [-0.15, -0.1) is 0 Å². The Morgan fingerprint density at radius 3 is 2.83 bits per heavy atom. The van der Waals surface area contributed by atoms with Crippen molar-refractivity contribution in [3.05, 3.63) is 81.7 Å². The number of fused-ring (bicyclic) bond motifs is 1. The van der Waals surface area contributed by atoms with Crippen LogP contribution in [0.25, 0.3) is 10.9 Å². The maximum absolute atomic E-state index is 13.0. The number of ketones is 1. The van der Waals surface area contributed by atoms with Crippen molar-refractivity contribution in [3.63, 3.8) is 0 Å². The number of Topliss-reactive ketones (excluding diaryl/α,β-unsaturated/α-hetero) is 1. The van der Waals surface area contributed by atoms with Gasteiger partial charge in [-0.05, 0) is 73.8 Å². The average Bonchev–Trinajstić information content (AvgIpc) is 3.10. The molecule has 29 heavy (non-hydrogen) atoms. The fraction of sp³-hybridized carbons (Fsp3) is 0.292. The zero-order valence-corrected chi connectivity index (χ0v) is 17.8. The van der Waals surface area contributed by atoms with Crippen LogP contribution in [-0.4, -0.2) is 35.3 Å². The number of aromatic nitrogens is 1. The van der Waals surface area contributed by atoms with E-state index < -0.39 is 0 Å². The highest BCUT2D eigenvalue weighted by molar-refractivity contribution is 9.10. The van der Waals surface area contributed by atoms with Crippen molar-refractivity contribution in [1.29, 1.82) is 0 Å². The molecular weight excluding hydrogens is 431 g/mol. The Kier molecular flexibility index (Phi) is 6.26. The molecule has 2 heterocycles. The summed E-state index contributed by atoms with van der Waals surface area (Å²) in [5.41, 5.74) is 4.51. The molecule has 0 spiro atoms. The number of hydrogen-bond acceptors (Lipinski definition) is 2. The maximum Gasteiger partial charge on any atom is 0.162 e. The topological polar surface area (TPSA) is 36.1 Å². The van der Waals surface area contributed by atoms with E-state index in [1.54, 1.807) is 12.1 Å². The molecule has 5 heteroatoms. The van der Waals surface area contributed by atoms with Gasteiger partial charge < -0.3 is 4.98 Å². The van der Waals surface area contributed by atoms with Gasteiger partial charge in [0.2, 0.25) is 0 Å². The number of H-pyrrole nitrogens is 1. The fourth-order valence-electron chi connectivity index (χ4n) is 3.99. The smallest absolute Gasteiger partial charge is 0.162 e. The van der Waals surface area contributed by atoms with Gasteiger partial charge in [0.25, 0.3) is 0 Å². The lowest BCUT2D eigenvalue weighted by atomic mass is 10.00. The van der Waals surface area contributed by atoms with E-state index in [-0.39, 0.29) is 11.6 Å². The molecule has 1 N–H and O–H groups in total. The summed E-state index contributed by atoms with van der Waals surface area (Å²) in [6.07, 6.45) is 7.78. The fourth-order valence-corrected chi connectivity index (χ4v) is 4.35. The predicted octanol–water partition coefficient (Wildman–Crippen LogP) is 5.91. The van der Waals surface area contributed by atoms with E-state index in [0.717, 1.165) is 48.9 Å². The molecule has 0 amide bonds. The number of nitrogens with zero attached hydrogens (tertiary/aromatic N) is 1. The van der Waals surface area contributed by atoms with Crippen LogP contribution in [0.2, 0.25) is 0 Å². The third-order valence-corrected chi connectivity index (χ3v) is 5.99. The minimum Gasteiger partial charge on any atom is -0.361 e. The molecule has 0 radical (unpaired) electrons. The predicted molar refractivity (Wildman–Crippen MR) is 119 cm³/mol. The van der Waals surface area contributed by atoms with Crippen LogP contribution in [-0.2, 0) is 6.42 Å². The summed E-state index contributed by atoms with van der Waals surface area (Å²) in [5.74, 6) is -0.223. The lowest BCUT2D eigenvalue weighted by Gasteiger charge is -2.27. The number of hydrogen-bond donors (Lipinski definition) is 1. The van der Waals surface area contributed by atoms with Crippen LogP contribution < -0.4 is 0 Å². The number of nitrogens with one attached hydrogen (secondary N) is 1. The molecule has 0 saturated heterocycles. The molecule has 0 aliphatic carbocycles. The summed E-state index contributed by atoms with van der Waals surface area (Å²) >= 11 is 3.56. The second-order valence-corrected chi connectivity index (χ2v) is 8.56. The van der Waals surface area contributed by atoms with Crippen LogP contribution >= 0.6 is 15.9 Å². The largest absolute Gasteiger partial charge is 0.361 e. The van der Waals surface area contributed by atoms with E-state index in [1.165, 1.54) is 28.7 Å². The van der Waals surface area contributed by atoms with Crippen molar-refractivity contribution in [2.24, 2.45) is 0 Å². The highest BCUT2D eigenvalue weighted by Gasteiger charge is 2.15. The quantitative estimate of drug-likeness (QED) is 0.355. The Hall–Kier alpha value is -2.24. The molecule has 0 saturated carbocycles. The van der Waals surface area contributed by atoms with E-state index in [2.05, 4.69) is 56.3 Å². The Morgan fingerprint density at radius 1 is 1.17 bits per heavy atom. The standard InChI is InChI=1S/C24H24BrFN2O/c25-20-7-10-23-22(14-20)19(15-27-23)13-17-3-1-11-28(16-17)12-2-4-24(29)18-5-8-21(26)9-6-18/h3,5-10,14-15,27H,1-2,4,11-13,16H2. The Morgan fingerprint density at radius 2 is 2.00 bits per heavy atom. The molecular formula is C24H24BrFN2O. The number of carbonyl (C=O) groups excluding carboxylic acids is 1. The lowest BCUT2D eigenvalue weighted by Crippen LogP contribution is -2.31. The summed E-state index contributed by atoms with van der Waals surface area (Å²) < 4.78 is 14.1. The molecule has 0 bridgehead atoms. The number of rotatable bonds is 7. The molecule has 0 fully saturated rings. The van der Waals surface area contributed by atoms with Crippen molar-refractivity contribution in [3.8, 4) is 0 Å². The maximum atomic E-state index is 13.0. The van der Waals surface area contributed by atoms with Crippen LogP contribution in [0.3, 0.4) is 0 Å². The van der Waals surface area contributed by atoms with E-state index in [9.17, 15) is 9.18 Å². The Balaban J connectivity index is 1.30. The summed E-state index contributed by atoms with van der Waals surface area (Å²) in [6, 6.07) is 12.2. The van der Waals surface area contributed by atoms with E-state index in [0.29, 0.717) is 12.0 Å². The first kappa shape index (κ1) is 20.0. The van der Waals surface area contributed by atoms with Gasteiger partial charge in [0, 0.05) is 46.6 Å². The number of halogens is 2. The van der Waals surface area contributed by atoms with Gasteiger partial charge in [-0.25, -0.2) is 4.39 Å². The summed E-state index contributed by atoms with van der Waals surface area (Å²) in [7, 11) is 0. The molecule has 3 nitrogen and oxygen atoms in total. The van der Waals surface area contributed by atoms with Gasteiger partial charge >= 0.3 is 0 Å². The first-order chi connectivity index (χ1) is 14.1. The third kappa shape index (κ3) is 5.03. The second kappa shape index (κ2) is 9.06. The van der Waals surface area contributed by atoms with Crippen molar-refractivity contribution >= 4 is 32.6 Å². The van der Waals surface area contributed by atoms with Crippen LogP contribution in [0.1, 0.15) is 35.2 Å². The van der Waals surface area contributed by atoms with Gasteiger partial charge in [-0.1, -0.05) is 27.6 Å². The minimum atomic E-state index is -0.309. The highest BCUT2D eigenvalue weighted by Crippen LogP contribution is 2.26. The second-order valence-electron chi connectivity index (χ2n) is 7.64. The Bertz CT molecular complexity index is 1040. The van der Waals surface area contributed by atoms with E-state index >= 15 is 0 Å². The highest BCUT2D eigenvalue weighted by atomic mass is 79.9. The van der Waals surface area contributed by atoms with Crippen LogP contribution in [0.4, 0.5) is 4.39 Å². The van der Waals surface area contributed by atoms with Crippen molar-refractivity contribution < 1.29 is 9.18 Å². The average molecular weight is 455 g/mol. The van der Waals surface area contributed by atoms with Crippen LogP contribution in [0.5, 0.6) is 0 Å². The number of carbonyl (C=O) groups is 1. The van der Waals surface area contributed by atoms with Gasteiger partial charge in [-0.2, -0.15) is 0 Å². The molecule has 0 unspecified atom stereocenters. The normalized spacial score (nSPS) is 14.9. The van der Waals surface area contributed by atoms with Gasteiger partial charge in [-0.3, -0.25) is 9.69 Å². The molecule has 4 rings (SSSR count). The Labute approximate surface area is 178 Å². The van der Waals surface area contributed by atoms with Crippen LogP contribution in [0.15, 0.2) is 64.8 Å². The van der Waals surface area contributed by atoms with E-state index in [1.807, 2.05) is 0 Å². The first-order valence-corrected chi connectivity index (χ1v) is 10.8.